The lowest BCUT2D eigenvalue weighted by Gasteiger charge is -2.12. The smallest absolute Gasteiger partial charge is 0.305 e. The van der Waals surface area contributed by atoms with Gasteiger partial charge in [-0.1, -0.05) is 31.0 Å². The normalized spacial score (nSPS) is 10.8. The molecule has 0 fully saturated rings. The average molecular weight is 479 g/mol. The highest BCUT2D eigenvalue weighted by Crippen LogP contribution is 2.06. The number of hydrogen-bond acceptors (Lipinski definition) is 3. The Balaban J connectivity index is 0.00000625. The van der Waals surface area contributed by atoms with Crippen LogP contribution in [0, 0.1) is 5.82 Å². The van der Waals surface area contributed by atoms with Crippen LogP contribution in [-0.4, -0.2) is 38.7 Å². The highest BCUT2D eigenvalue weighted by atomic mass is 127. The zero-order valence-electron chi connectivity index (χ0n) is 15.7. The van der Waals surface area contributed by atoms with Crippen LogP contribution < -0.4 is 10.6 Å². The molecule has 0 aromatic heterocycles. The van der Waals surface area contributed by atoms with Gasteiger partial charge in [-0.25, -0.2) is 4.39 Å². The SMILES string of the molecule is CCOC(=O)CCCCCCNC(=NC)NCCc1ccccc1F.I. The number of guanidine groups is 1. The Labute approximate surface area is 173 Å². The predicted molar refractivity (Wildman–Crippen MR) is 115 cm³/mol. The molecule has 5 nitrogen and oxygen atoms in total. The minimum atomic E-state index is -0.171. The number of nitrogens with one attached hydrogen (secondary N) is 2. The summed E-state index contributed by atoms with van der Waals surface area (Å²) < 4.78 is 18.4. The molecule has 148 valence electrons. The third-order valence-corrected chi connectivity index (χ3v) is 3.77. The molecule has 0 unspecified atom stereocenters. The number of halogens is 2. The van der Waals surface area contributed by atoms with Gasteiger partial charge in [0.15, 0.2) is 5.96 Å². The summed E-state index contributed by atoms with van der Waals surface area (Å²) in [5.41, 5.74) is 0.701. The van der Waals surface area contributed by atoms with E-state index in [1.54, 1.807) is 19.2 Å². The summed E-state index contributed by atoms with van der Waals surface area (Å²) in [4.78, 5) is 15.4. The molecule has 0 heterocycles. The van der Waals surface area contributed by atoms with Crippen molar-refractivity contribution in [3.8, 4) is 0 Å². The van der Waals surface area contributed by atoms with Gasteiger partial charge in [0.05, 0.1) is 6.61 Å². The monoisotopic (exact) mass is 479 g/mol. The molecule has 1 aromatic carbocycles. The fourth-order valence-corrected chi connectivity index (χ4v) is 2.43. The van der Waals surface area contributed by atoms with E-state index in [1.165, 1.54) is 6.07 Å². The van der Waals surface area contributed by atoms with E-state index in [4.69, 9.17) is 4.74 Å². The van der Waals surface area contributed by atoms with Gasteiger partial charge in [-0.3, -0.25) is 9.79 Å². The third kappa shape index (κ3) is 11.3. The number of benzene rings is 1. The second-order valence-electron chi connectivity index (χ2n) is 5.74. The van der Waals surface area contributed by atoms with Crippen LogP contribution in [0.2, 0.25) is 0 Å². The van der Waals surface area contributed by atoms with Gasteiger partial charge >= 0.3 is 5.97 Å². The summed E-state index contributed by atoms with van der Waals surface area (Å²) >= 11 is 0. The first kappa shape index (κ1) is 24.6. The Morgan fingerprint density at radius 2 is 1.81 bits per heavy atom. The molecule has 0 aliphatic carbocycles. The average Bonchev–Trinajstić information content (AvgIpc) is 2.61. The molecule has 0 spiro atoms. The number of ether oxygens (including phenoxy) is 1. The van der Waals surface area contributed by atoms with Crippen molar-refractivity contribution in [3.05, 3.63) is 35.6 Å². The number of rotatable bonds is 11. The van der Waals surface area contributed by atoms with Gasteiger partial charge in [0, 0.05) is 26.6 Å². The van der Waals surface area contributed by atoms with Gasteiger partial charge < -0.3 is 15.4 Å². The van der Waals surface area contributed by atoms with Crippen molar-refractivity contribution >= 4 is 35.9 Å². The second-order valence-corrected chi connectivity index (χ2v) is 5.74. The van der Waals surface area contributed by atoms with E-state index in [0.717, 1.165) is 38.2 Å². The minimum Gasteiger partial charge on any atom is -0.466 e. The van der Waals surface area contributed by atoms with Gasteiger partial charge in [0.2, 0.25) is 0 Å². The molecular formula is C19H31FIN3O2. The molecule has 0 amide bonds. The maximum absolute atomic E-state index is 13.5. The molecule has 1 rings (SSSR count). The largest absolute Gasteiger partial charge is 0.466 e. The lowest BCUT2D eigenvalue weighted by Crippen LogP contribution is -2.38. The Bertz CT molecular complexity index is 541. The molecule has 1 aromatic rings. The van der Waals surface area contributed by atoms with Crippen molar-refractivity contribution in [3.63, 3.8) is 0 Å². The van der Waals surface area contributed by atoms with Crippen molar-refractivity contribution < 1.29 is 13.9 Å². The first-order chi connectivity index (χ1) is 12.2. The van der Waals surface area contributed by atoms with E-state index in [9.17, 15) is 9.18 Å². The van der Waals surface area contributed by atoms with E-state index in [1.807, 2.05) is 13.0 Å². The summed E-state index contributed by atoms with van der Waals surface area (Å²) in [5, 5.41) is 6.43. The molecular weight excluding hydrogens is 448 g/mol. The molecule has 0 bridgehead atoms. The molecule has 0 saturated heterocycles. The lowest BCUT2D eigenvalue weighted by atomic mass is 10.1. The van der Waals surface area contributed by atoms with Crippen LogP contribution in [0.15, 0.2) is 29.3 Å². The fourth-order valence-electron chi connectivity index (χ4n) is 2.43. The number of unbranched alkanes of at least 4 members (excludes halogenated alkanes) is 3. The number of hydrogen-bond donors (Lipinski definition) is 2. The van der Waals surface area contributed by atoms with Gasteiger partial charge in [-0.2, -0.15) is 0 Å². The molecule has 0 aliphatic heterocycles. The van der Waals surface area contributed by atoms with Gasteiger partial charge in [0.25, 0.3) is 0 Å². The van der Waals surface area contributed by atoms with Crippen molar-refractivity contribution in [1.29, 1.82) is 0 Å². The van der Waals surface area contributed by atoms with Crippen molar-refractivity contribution in [2.24, 2.45) is 4.99 Å². The molecule has 0 aliphatic rings. The summed E-state index contributed by atoms with van der Waals surface area (Å²) in [6.45, 7) is 3.71. The highest BCUT2D eigenvalue weighted by molar-refractivity contribution is 14.0. The van der Waals surface area contributed by atoms with Crippen LogP contribution in [0.3, 0.4) is 0 Å². The molecule has 0 saturated carbocycles. The van der Waals surface area contributed by atoms with Crippen LogP contribution in [0.5, 0.6) is 0 Å². The van der Waals surface area contributed by atoms with Crippen LogP contribution in [0.25, 0.3) is 0 Å². The number of aliphatic imine (C=N–C) groups is 1. The van der Waals surface area contributed by atoms with Gasteiger partial charge in [-0.15, -0.1) is 24.0 Å². The van der Waals surface area contributed by atoms with E-state index in [-0.39, 0.29) is 35.8 Å². The maximum Gasteiger partial charge on any atom is 0.305 e. The topological polar surface area (TPSA) is 62.7 Å². The molecule has 2 N–H and O–H groups in total. The second kappa shape index (κ2) is 15.8. The Hall–Kier alpha value is -1.38. The van der Waals surface area contributed by atoms with E-state index in [2.05, 4.69) is 15.6 Å². The molecule has 0 radical (unpaired) electrons. The summed E-state index contributed by atoms with van der Waals surface area (Å²) in [6.07, 6.45) is 5.06. The van der Waals surface area contributed by atoms with Crippen LogP contribution in [-0.2, 0) is 16.0 Å². The predicted octanol–water partition coefficient (Wildman–Crippen LogP) is 3.66. The van der Waals surface area contributed by atoms with Crippen molar-refractivity contribution in [2.45, 2.75) is 45.4 Å². The fraction of sp³-hybridized carbons (Fsp3) is 0.579. The number of carbonyl (C=O) groups excluding carboxylic acids is 1. The van der Waals surface area contributed by atoms with Crippen LogP contribution in [0.1, 0.15) is 44.6 Å². The van der Waals surface area contributed by atoms with Gasteiger partial charge in [-0.05, 0) is 37.8 Å². The molecule has 26 heavy (non-hydrogen) atoms. The third-order valence-electron chi connectivity index (χ3n) is 3.77. The van der Waals surface area contributed by atoms with Crippen molar-refractivity contribution in [1.82, 2.24) is 10.6 Å². The number of esters is 1. The Morgan fingerprint density at radius 3 is 2.50 bits per heavy atom. The Kier molecular flexibility index (Phi) is 15.0. The standard InChI is InChI=1S/C19H30FN3O2.HI/c1-3-25-18(24)12-6-4-5-9-14-22-19(21-2)23-15-13-16-10-7-8-11-17(16)20;/h7-8,10-11H,3-6,9,12-15H2,1-2H3,(H2,21,22,23);1H. The maximum atomic E-state index is 13.5. The molecule has 0 atom stereocenters. The van der Waals surface area contributed by atoms with Crippen LogP contribution >= 0.6 is 24.0 Å². The Morgan fingerprint density at radius 1 is 1.12 bits per heavy atom. The zero-order chi connectivity index (χ0) is 18.3. The summed E-state index contributed by atoms with van der Waals surface area (Å²) in [7, 11) is 1.72. The quantitative estimate of drug-likeness (QED) is 0.167. The lowest BCUT2D eigenvalue weighted by molar-refractivity contribution is -0.143. The molecule has 7 heteroatoms. The van der Waals surface area contributed by atoms with E-state index < -0.39 is 0 Å². The van der Waals surface area contributed by atoms with E-state index in [0.29, 0.717) is 31.6 Å². The number of carbonyl (C=O) groups is 1. The summed E-state index contributed by atoms with van der Waals surface area (Å²) in [6, 6.07) is 6.81. The van der Waals surface area contributed by atoms with E-state index >= 15 is 0 Å². The first-order valence-electron chi connectivity index (χ1n) is 9.01. The summed E-state index contributed by atoms with van der Waals surface area (Å²) in [5.74, 6) is 0.443. The van der Waals surface area contributed by atoms with Crippen LogP contribution in [0.4, 0.5) is 4.39 Å². The minimum absolute atomic E-state index is 0. The van der Waals surface area contributed by atoms with Gasteiger partial charge in [0.1, 0.15) is 5.82 Å². The highest BCUT2D eigenvalue weighted by Gasteiger charge is 2.02. The van der Waals surface area contributed by atoms with Crippen molar-refractivity contribution in [2.75, 3.05) is 26.7 Å². The number of nitrogens with zero attached hydrogens (tertiary/aromatic N) is 1. The zero-order valence-corrected chi connectivity index (χ0v) is 18.1. The first-order valence-corrected chi connectivity index (χ1v) is 9.01.